The van der Waals surface area contributed by atoms with Crippen LogP contribution in [-0.4, -0.2) is 37.2 Å². The molecule has 0 amide bonds. The number of alkyl halides is 3. The summed E-state index contributed by atoms with van der Waals surface area (Å²) in [4.78, 5) is 12.8. The zero-order valence-electron chi connectivity index (χ0n) is 16.3. The van der Waals surface area contributed by atoms with Crippen LogP contribution in [0.25, 0.3) is 5.69 Å². The molecular formula is C20H19F3N4O2S. The molecule has 1 aliphatic rings. The maximum atomic E-state index is 12.8. The van der Waals surface area contributed by atoms with Crippen LogP contribution in [0, 0.1) is 13.8 Å². The third-order valence-electron chi connectivity index (χ3n) is 4.87. The Morgan fingerprint density at radius 3 is 2.57 bits per heavy atom. The van der Waals surface area contributed by atoms with Crippen LogP contribution < -0.4 is 4.74 Å². The molecule has 1 aliphatic carbocycles. The molecule has 0 N–H and O–H groups in total. The van der Waals surface area contributed by atoms with Crippen LogP contribution in [0.4, 0.5) is 13.2 Å². The number of ketones is 1. The third-order valence-corrected chi connectivity index (χ3v) is 5.83. The maximum Gasteiger partial charge on any atom is 0.573 e. The highest BCUT2D eigenvalue weighted by atomic mass is 32.2. The van der Waals surface area contributed by atoms with E-state index in [9.17, 15) is 18.0 Å². The molecule has 10 heteroatoms. The summed E-state index contributed by atoms with van der Waals surface area (Å²) in [5.74, 6) is -0.100. The first-order valence-electron chi connectivity index (χ1n) is 9.33. The zero-order valence-corrected chi connectivity index (χ0v) is 17.1. The molecular weight excluding hydrogens is 417 g/mol. The van der Waals surface area contributed by atoms with Gasteiger partial charge in [0.25, 0.3) is 0 Å². The Morgan fingerprint density at radius 2 is 1.93 bits per heavy atom. The summed E-state index contributed by atoms with van der Waals surface area (Å²) in [6.07, 6.45) is -0.828. The second-order valence-corrected chi connectivity index (χ2v) is 8.07. The highest BCUT2D eigenvalue weighted by Gasteiger charge is 2.31. The number of thioether (sulfide) groups is 1. The fourth-order valence-electron chi connectivity index (χ4n) is 3.39. The molecule has 0 aliphatic heterocycles. The number of halogens is 3. The van der Waals surface area contributed by atoms with Gasteiger partial charge in [0.1, 0.15) is 12.1 Å². The Morgan fingerprint density at radius 1 is 1.23 bits per heavy atom. The number of aromatic nitrogens is 4. The SMILES string of the molecule is Cc1cc(C(=O)CSc2nncn2C2CC2)c(C)n1-c1ccc(OC(F)(F)F)cc1. The molecule has 158 valence electrons. The lowest BCUT2D eigenvalue weighted by molar-refractivity contribution is -0.274. The lowest BCUT2D eigenvalue weighted by Gasteiger charge is -2.12. The van der Waals surface area contributed by atoms with Crippen LogP contribution in [0.2, 0.25) is 0 Å². The molecule has 2 aromatic heterocycles. The molecule has 0 unspecified atom stereocenters. The molecule has 3 aromatic rings. The number of nitrogens with zero attached hydrogens (tertiary/aromatic N) is 4. The van der Waals surface area contributed by atoms with Crippen molar-refractivity contribution in [2.45, 2.75) is 44.2 Å². The molecule has 6 nitrogen and oxygen atoms in total. The van der Waals surface area contributed by atoms with Gasteiger partial charge in [-0.2, -0.15) is 0 Å². The average Bonchev–Trinajstić information content (AvgIpc) is 3.34. The van der Waals surface area contributed by atoms with Gasteiger partial charge in [0.15, 0.2) is 10.9 Å². The highest BCUT2D eigenvalue weighted by molar-refractivity contribution is 7.99. The first-order valence-corrected chi connectivity index (χ1v) is 10.3. The normalized spacial score (nSPS) is 14.2. The molecule has 0 radical (unpaired) electrons. The number of rotatable bonds is 7. The van der Waals surface area contributed by atoms with Gasteiger partial charge in [-0.15, -0.1) is 23.4 Å². The van der Waals surface area contributed by atoms with E-state index in [0.717, 1.165) is 29.4 Å². The summed E-state index contributed by atoms with van der Waals surface area (Å²) in [5, 5.41) is 8.77. The Bertz CT molecular complexity index is 1070. The van der Waals surface area contributed by atoms with Crippen LogP contribution in [0.3, 0.4) is 0 Å². The van der Waals surface area contributed by atoms with Crippen molar-refractivity contribution in [2.24, 2.45) is 0 Å². The van der Waals surface area contributed by atoms with E-state index < -0.39 is 6.36 Å². The number of carbonyl (C=O) groups excluding carboxylic acids is 1. The van der Waals surface area contributed by atoms with E-state index >= 15 is 0 Å². The van der Waals surface area contributed by atoms with Gasteiger partial charge in [0.05, 0.1) is 5.75 Å². The maximum absolute atomic E-state index is 12.8. The molecule has 1 fully saturated rings. The fraction of sp³-hybridized carbons (Fsp3) is 0.350. The summed E-state index contributed by atoms with van der Waals surface area (Å²) < 4.78 is 44.8. The summed E-state index contributed by atoms with van der Waals surface area (Å²) in [7, 11) is 0. The van der Waals surface area contributed by atoms with Gasteiger partial charge in [-0.05, 0) is 57.0 Å². The van der Waals surface area contributed by atoms with E-state index in [0.29, 0.717) is 17.3 Å². The molecule has 2 heterocycles. The van der Waals surface area contributed by atoms with E-state index in [1.165, 1.54) is 36.0 Å². The number of hydrogen-bond acceptors (Lipinski definition) is 5. The van der Waals surface area contributed by atoms with Crippen molar-refractivity contribution in [3.05, 3.63) is 53.6 Å². The molecule has 0 saturated heterocycles. The molecule has 0 bridgehead atoms. The van der Waals surface area contributed by atoms with Crippen LogP contribution in [-0.2, 0) is 0 Å². The van der Waals surface area contributed by atoms with Crippen molar-refractivity contribution in [2.75, 3.05) is 5.75 Å². The predicted octanol–water partition coefficient (Wildman–Crippen LogP) is 4.89. The van der Waals surface area contributed by atoms with Crippen LogP contribution in [0.1, 0.15) is 40.6 Å². The number of benzene rings is 1. The summed E-state index contributed by atoms with van der Waals surface area (Å²) in [5.41, 5.74) is 2.77. The van der Waals surface area contributed by atoms with E-state index in [1.54, 1.807) is 12.4 Å². The number of hydrogen-bond donors (Lipinski definition) is 0. The lowest BCUT2D eigenvalue weighted by Crippen LogP contribution is -2.17. The van der Waals surface area contributed by atoms with Gasteiger partial charge < -0.3 is 13.9 Å². The fourth-order valence-corrected chi connectivity index (χ4v) is 4.25. The van der Waals surface area contributed by atoms with Crippen molar-refractivity contribution in [3.63, 3.8) is 0 Å². The minimum atomic E-state index is -4.73. The first-order chi connectivity index (χ1) is 14.2. The standard InChI is InChI=1S/C20H19F3N4O2S/c1-12-9-17(18(28)10-30-19-25-24-11-26(19)14-3-4-14)13(2)27(12)15-5-7-16(8-6-15)29-20(21,22)23/h5-9,11,14H,3-4,10H2,1-2H3. The molecule has 1 saturated carbocycles. The largest absolute Gasteiger partial charge is 0.573 e. The summed E-state index contributed by atoms with van der Waals surface area (Å²) >= 11 is 1.36. The van der Waals surface area contributed by atoms with E-state index in [1.807, 2.05) is 23.0 Å². The zero-order chi connectivity index (χ0) is 21.5. The summed E-state index contributed by atoms with van der Waals surface area (Å²) in [6, 6.07) is 7.80. The molecule has 0 spiro atoms. The quantitative estimate of drug-likeness (QED) is 0.390. The Balaban J connectivity index is 1.50. The van der Waals surface area contributed by atoms with Crippen LogP contribution in [0.15, 0.2) is 41.8 Å². The Labute approximate surface area is 175 Å². The lowest BCUT2D eigenvalue weighted by atomic mass is 10.2. The van der Waals surface area contributed by atoms with Crippen LogP contribution >= 0.6 is 11.8 Å². The average molecular weight is 436 g/mol. The Hall–Kier alpha value is -2.75. The van der Waals surface area contributed by atoms with Crippen LogP contribution in [0.5, 0.6) is 5.75 Å². The van der Waals surface area contributed by atoms with Gasteiger partial charge in [-0.1, -0.05) is 11.8 Å². The van der Waals surface area contributed by atoms with Crippen molar-refractivity contribution in [1.29, 1.82) is 0 Å². The van der Waals surface area contributed by atoms with E-state index in [2.05, 4.69) is 14.9 Å². The first kappa shape index (κ1) is 20.5. The summed E-state index contributed by atoms with van der Waals surface area (Å²) in [6.45, 7) is 3.67. The Kier molecular flexibility index (Phi) is 5.35. The highest BCUT2D eigenvalue weighted by Crippen LogP contribution is 2.37. The number of carbonyl (C=O) groups is 1. The van der Waals surface area contributed by atoms with Gasteiger partial charge in [0.2, 0.25) is 0 Å². The topological polar surface area (TPSA) is 61.9 Å². The second kappa shape index (κ2) is 7.82. The van der Waals surface area contributed by atoms with Gasteiger partial charge in [0, 0.05) is 28.7 Å². The number of ether oxygens (including phenoxy) is 1. The van der Waals surface area contributed by atoms with Gasteiger partial charge in [-0.3, -0.25) is 4.79 Å². The van der Waals surface area contributed by atoms with E-state index in [-0.39, 0.29) is 17.3 Å². The van der Waals surface area contributed by atoms with Crippen molar-refractivity contribution < 1.29 is 22.7 Å². The van der Waals surface area contributed by atoms with Gasteiger partial charge in [-0.25, -0.2) is 0 Å². The molecule has 0 atom stereocenters. The smallest absolute Gasteiger partial charge is 0.406 e. The van der Waals surface area contributed by atoms with E-state index in [4.69, 9.17) is 0 Å². The predicted molar refractivity (Wildman–Crippen MR) is 105 cm³/mol. The second-order valence-electron chi connectivity index (χ2n) is 7.13. The van der Waals surface area contributed by atoms with Crippen molar-refractivity contribution >= 4 is 17.5 Å². The third kappa shape index (κ3) is 4.38. The number of aryl methyl sites for hydroxylation is 1. The molecule has 4 rings (SSSR count). The monoisotopic (exact) mass is 436 g/mol. The molecule has 1 aromatic carbocycles. The van der Waals surface area contributed by atoms with Crippen molar-refractivity contribution in [1.82, 2.24) is 19.3 Å². The number of Topliss-reactive ketones (excluding diaryl/α,β-unsaturated/α-hetero) is 1. The van der Waals surface area contributed by atoms with Gasteiger partial charge >= 0.3 is 6.36 Å². The minimum absolute atomic E-state index is 0.0401. The molecule has 30 heavy (non-hydrogen) atoms. The van der Waals surface area contributed by atoms with Crippen molar-refractivity contribution in [3.8, 4) is 11.4 Å². The minimum Gasteiger partial charge on any atom is -0.406 e.